The van der Waals surface area contributed by atoms with Gasteiger partial charge in [-0.15, -0.1) is 0 Å². The second-order valence-electron chi connectivity index (χ2n) is 5.73. The Kier molecular flexibility index (Phi) is 3.74. The Hall–Kier alpha value is -0.930. The number of nitrogens with one attached hydrogen (secondary N) is 1. The molecule has 2 atom stereocenters. The predicted molar refractivity (Wildman–Crippen MR) is 71.1 cm³/mol. The minimum absolute atomic E-state index is 0.180. The van der Waals surface area contributed by atoms with Crippen LogP contribution in [-0.4, -0.2) is 18.7 Å². The van der Waals surface area contributed by atoms with Crippen LogP contribution in [0.5, 0.6) is 0 Å². The summed E-state index contributed by atoms with van der Waals surface area (Å²) in [6, 6.07) is 5.19. The molecule has 1 aliphatic rings. The summed E-state index contributed by atoms with van der Waals surface area (Å²) in [4.78, 5) is 0. The van der Waals surface area contributed by atoms with E-state index >= 15 is 0 Å². The summed E-state index contributed by atoms with van der Waals surface area (Å²) in [5.74, 6) is 0.209. The summed E-state index contributed by atoms with van der Waals surface area (Å²) in [5.41, 5.74) is 1.49. The molecule has 1 aliphatic heterocycles. The van der Waals surface area contributed by atoms with E-state index in [1.165, 1.54) is 6.07 Å². The SMILES string of the molecule is Cc1ccc(F)c(C2CNCC(C)(C(C)C)O2)c1. The van der Waals surface area contributed by atoms with Crippen molar-refractivity contribution >= 4 is 0 Å². The summed E-state index contributed by atoms with van der Waals surface area (Å²) in [6.45, 7) is 9.82. The first-order chi connectivity index (χ1) is 8.42. The Bertz CT molecular complexity index is 433. The lowest BCUT2D eigenvalue weighted by Gasteiger charge is -2.42. The van der Waals surface area contributed by atoms with Gasteiger partial charge in [0, 0.05) is 18.7 Å². The van der Waals surface area contributed by atoms with Crippen LogP contribution >= 0.6 is 0 Å². The van der Waals surface area contributed by atoms with E-state index in [0.717, 1.165) is 12.1 Å². The molecule has 0 aliphatic carbocycles. The maximum Gasteiger partial charge on any atom is 0.129 e. The van der Waals surface area contributed by atoms with Crippen molar-refractivity contribution in [1.82, 2.24) is 5.32 Å². The normalized spacial score (nSPS) is 28.7. The highest BCUT2D eigenvalue weighted by Gasteiger charge is 2.36. The molecule has 2 rings (SSSR count). The molecular formula is C15H22FNO. The maximum atomic E-state index is 13.9. The zero-order chi connectivity index (χ0) is 13.3. The molecule has 1 aromatic carbocycles. The minimum Gasteiger partial charge on any atom is -0.364 e. The van der Waals surface area contributed by atoms with E-state index in [-0.39, 0.29) is 17.5 Å². The predicted octanol–water partition coefficient (Wildman–Crippen LogP) is 3.21. The first-order valence-electron chi connectivity index (χ1n) is 6.57. The zero-order valence-corrected chi connectivity index (χ0v) is 11.6. The molecule has 100 valence electrons. The molecule has 0 bridgehead atoms. The zero-order valence-electron chi connectivity index (χ0n) is 11.6. The Balaban J connectivity index is 2.26. The molecule has 0 radical (unpaired) electrons. The third kappa shape index (κ3) is 2.57. The standard InChI is InChI=1S/C15H22FNO/c1-10(2)15(4)9-17-8-14(18-15)12-7-11(3)5-6-13(12)16/h5-7,10,14,17H,8-9H2,1-4H3. The second kappa shape index (κ2) is 4.98. The van der Waals surface area contributed by atoms with Crippen LogP contribution in [0.1, 0.15) is 38.0 Å². The molecule has 1 saturated heterocycles. The molecule has 2 unspecified atom stereocenters. The van der Waals surface area contributed by atoms with Crippen molar-refractivity contribution in [3.8, 4) is 0 Å². The maximum absolute atomic E-state index is 13.9. The van der Waals surface area contributed by atoms with Gasteiger partial charge in [0.1, 0.15) is 5.82 Å². The van der Waals surface area contributed by atoms with Gasteiger partial charge in [0.15, 0.2) is 0 Å². The van der Waals surface area contributed by atoms with E-state index in [4.69, 9.17) is 4.74 Å². The number of aryl methyl sites for hydroxylation is 1. The highest BCUT2D eigenvalue weighted by atomic mass is 19.1. The van der Waals surface area contributed by atoms with Crippen LogP contribution in [0.3, 0.4) is 0 Å². The summed E-state index contributed by atoms with van der Waals surface area (Å²) >= 11 is 0. The van der Waals surface area contributed by atoms with Gasteiger partial charge in [-0.05, 0) is 25.8 Å². The molecule has 0 amide bonds. The number of benzene rings is 1. The van der Waals surface area contributed by atoms with Crippen LogP contribution in [-0.2, 0) is 4.74 Å². The van der Waals surface area contributed by atoms with Crippen LogP contribution in [0.2, 0.25) is 0 Å². The summed E-state index contributed by atoms with van der Waals surface area (Å²) < 4.78 is 20.1. The number of ether oxygens (including phenoxy) is 1. The second-order valence-corrected chi connectivity index (χ2v) is 5.73. The lowest BCUT2D eigenvalue weighted by atomic mass is 9.89. The Morgan fingerprint density at radius 3 is 2.83 bits per heavy atom. The van der Waals surface area contributed by atoms with Gasteiger partial charge >= 0.3 is 0 Å². The molecular weight excluding hydrogens is 229 g/mol. The monoisotopic (exact) mass is 251 g/mol. The van der Waals surface area contributed by atoms with E-state index in [1.54, 1.807) is 6.07 Å². The van der Waals surface area contributed by atoms with Crippen LogP contribution in [0.25, 0.3) is 0 Å². The lowest BCUT2D eigenvalue weighted by Crippen LogP contribution is -2.52. The molecule has 0 spiro atoms. The first-order valence-corrected chi connectivity index (χ1v) is 6.57. The van der Waals surface area contributed by atoms with Crippen LogP contribution in [0.15, 0.2) is 18.2 Å². The number of hydrogen-bond acceptors (Lipinski definition) is 2. The molecule has 0 saturated carbocycles. The molecule has 1 aromatic rings. The Labute approximate surface area is 109 Å². The fourth-order valence-corrected chi connectivity index (χ4v) is 2.28. The van der Waals surface area contributed by atoms with E-state index in [2.05, 4.69) is 26.1 Å². The van der Waals surface area contributed by atoms with Crippen molar-refractivity contribution in [2.45, 2.75) is 39.4 Å². The fraction of sp³-hybridized carbons (Fsp3) is 0.600. The van der Waals surface area contributed by atoms with Crippen molar-refractivity contribution in [2.24, 2.45) is 5.92 Å². The third-order valence-corrected chi connectivity index (χ3v) is 3.94. The van der Waals surface area contributed by atoms with Gasteiger partial charge in [0.25, 0.3) is 0 Å². The highest BCUT2D eigenvalue weighted by molar-refractivity contribution is 5.26. The Morgan fingerprint density at radius 2 is 2.17 bits per heavy atom. The fourth-order valence-electron chi connectivity index (χ4n) is 2.28. The first kappa shape index (κ1) is 13.5. The molecule has 18 heavy (non-hydrogen) atoms. The number of morpholine rings is 1. The topological polar surface area (TPSA) is 21.3 Å². The van der Waals surface area contributed by atoms with Gasteiger partial charge in [0.2, 0.25) is 0 Å². The largest absolute Gasteiger partial charge is 0.364 e. The molecule has 1 heterocycles. The highest BCUT2D eigenvalue weighted by Crippen LogP contribution is 2.33. The van der Waals surface area contributed by atoms with Gasteiger partial charge in [-0.25, -0.2) is 4.39 Å². The minimum atomic E-state index is -0.237. The van der Waals surface area contributed by atoms with Crippen LogP contribution in [0.4, 0.5) is 4.39 Å². The van der Waals surface area contributed by atoms with E-state index in [9.17, 15) is 4.39 Å². The number of rotatable bonds is 2. The summed E-state index contributed by atoms with van der Waals surface area (Å²) in [7, 11) is 0. The molecule has 1 N–H and O–H groups in total. The van der Waals surface area contributed by atoms with E-state index in [1.807, 2.05) is 13.0 Å². The quantitative estimate of drug-likeness (QED) is 0.871. The Morgan fingerprint density at radius 1 is 1.44 bits per heavy atom. The van der Waals surface area contributed by atoms with Crippen molar-refractivity contribution in [3.05, 3.63) is 35.1 Å². The van der Waals surface area contributed by atoms with E-state index in [0.29, 0.717) is 18.0 Å². The average Bonchev–Trinajstić information content (AvgIpc) is 2.32. The molecule has 3 heteroatoms. The van der Waals surface area contributed by atoms with E-state index < -0.39 is 0 Å². The van der Waals surface area contributed by atoms with Crippen molar-refractivity contribution < 1.29 is 9.13 Å². The summed E-state index contributed by atoms with van der Waals surface area (Å²) in [5, 5.41) is 3.36. The summed E-state index contributed by atoms with van der Waals surface area (Å²) in [6.07, 6.45) is -0.203. The van der Waals surface area contributed by atoms with Gasteiger partial charge in [-0.1, -0.05) is 31.5 Å². The molecule has 1 fully saturated rings. The van der Waals surface area contributed by atoms with Gasteiger partial charge < -0.3 is 10.1 Å². The van der Waals surface area contributed by atoms with Crippen molar-refractivity contribution in [3.63, 3.8) is 0 Å². The van der Waals surface area contributed by atoms with Crippen molar-refractivity contribution in [2.75, 3.05) is 13.1 Å². The van der Waals surface area contributed by atoms with Crippen LogP contribution < -0.4 is 5.32 Å². The van der Waals surface area contributed by atoms with Gasteiger partial charge in [-0.3, -0.25) is 0 Å². The third-order valence-electron chi connectivity index (χ3n) is 3.94. The molecule has 0 aromatic heterocycles. The molecule has 2 nitrogen and oxygen atoms in total. The van der Waals surface area contributed by atoms with Crippen LogP contribution in [0, 0.1) is 18.7 Å². The lowest BCUT2D eigenvalue weighted by molar-refractivity contribution is -0.133. The number of halogens is 1. The van der Waals surface area contributed by atoms with Gasteiger partial charge in [0.05, 0.1) is 11.7 Å². The van der Waals surface area contributed by atoms with Crippen molar-refractivity contribution in [1.29, 1.82) is 0 Å². The average molecular weight is 251 g/mol. The van der Waals surface area contributed by atoms with Gasteiger partial charge in [-0.2, -0.15) is 0 Å². The smallest absolute Gasteiger partial charge is 0.129 e. The number of hydrogen-bond donors (Lipinski definition) is 1.